The largest absolute Gasteiger partial charge is 0.464 e. The molecule has 7 nitrogen and oxygen atoms in total. The van der Waals surface area contributed by atoms with Gasteiger partial charge in [0, 0.05) is 4.91 Å². The fourth-order valence-electron chi connectivity index (χ4n) is 1.95. The number of hydrogen-bond acceptors (Lipinski definition) is 7. The van der Waals surface area contributed by atoms with Gasteiger partial charge in [-0.25, -0.2) is 4.79 Å². The molecule has 1 heterocycles. The minimum atomic E-state index is -0.583. The molecule has 0 saturated carbocycles. The van der Waals surface area contributed by atoms with Crippen molar-refractivity contribution in [1.29, 1.82) is 4.78 Å². The van der Waals surface area contributed by atoms with Crippen LogP contribution in [0.5, 0.6) is 5.19 Å². The van der Waals surface area contributed by atoms with Crippen molar-refractivity contribution in [2.75, 3.05) is 18.2 Å². The van der Waals surface area contributed by atoms with Gasteiger partial charge in [-0.15, -0.1) is 5.10 Å². The van der Waals surface area contributed by atoms with E-state index in [9.17, 15) is 4.79 Å². The number of nitrogens with zero attached hydrogens (tertiary/aromatic N) is 2. The van der Waals surface area contributed by atoms with E-state index in [-0.39, 0.29) is 0 Å². The van der Waals surface area contributed by atoms with E-state index in [1.807, 2.05) is 31.4 Å². The zero-order valence-electron chi connectivity index (χ0n) is 17.6. The van der Waals surface area contributed by atoms with Crippen LogP contribution in [0, 0.1) is 4.78 Å². The number of ether oxygens (including phenoxy) is 2. The lowest BCUT2D eigenvalue weighted by Crippen LogP contribution is -2.27. The molecule has 28 heavy (non-hydrogen) atoms. The van der Waals surface area contributed by atoms with Crippen molar-refractivity contribution in [1.82, 2.24) is 10.2 Å². The summed E-state index contributed by atoms with van der Waals surface area (Å²) in [4.78, 5) is 12.8. The van der Waals surface area contributed by atoms with E-state index in [1.165, 1.54) is 5.57 Å². The third-order valence-corrected chi connectivity index (χ3v) is 5.36. The molecule has 0 bridgehead atoms. The van der Waals surface area contributed by atoms with Crippen molar-refractivity contribution < 1.29 is 14.3 Å². The van der Waals surface area contributed by atoms with Crippen molar-refractivity contribution in [3.63, 3.8) is 0 Å². The van der Waals surface area contributed by atoms with Gasteiger partial charge in [-0.3, -0.25) is 10.1 Å². The molecule has 0 aliphatic rings. The summed E-state index contributed by atoms with van der Waals surface area (Å²) in [6.07, 6.45) is 8.09. The topological polar surface area (TPSA) is 97.2 Å². The van der Waals surface area contributed by atoms with Crippen molar-refractivity contribution >= 4 is 33.3 Å². The first kappa shape index (κ1) is 24.0. The summed E-state index contributed by atoms with van der Waals surface area (Å²) in [6.45, 7) is 11.8. The Morgan fingerprint density at radius 1 is 1.32 bits per heavy atom. The van der Waals surface area contributed by atoms with Crippen LogP contribution >= 0.6 is 11.3 Å². The number of allylic oxidation sites excluding steroid dienone is 3. The molecule has 0 fully saturated rings. The second-order valence-corrected chi connectivity index (χ2v) is 9.41. The average Bonchev–Trinajstić information content (AvgIpc) is 3.02. The molecule has 0 radical (unpaired) electrons. The van der Waals surface area contributed by atoms with Gasteiger partial charge in [0.1, 0.15) is 12.2 Å². The third-order valence-electron chi connectivity index (χ3n) is 3.53. The Morgan fingerprint density at radius 3 is 2.54 bits per heavy atom. The van der Waals surface area contributed by atoms with Gasteiger partial charge in [0.2, 0.25) is 5.13 Å². The van der Waals surface area contributed by atoms with Gasteiger partial charge >= 0.3 is 6.09 Å². The van der Waals surface area contributed by atoms with Crippen molar-refractivity contribution in [3.8, 4) is 5.19 Å². The molecule has 1 amide bonds. The van der Waals surface area contributed by atoms with Gasteiger partial charge < -0.3 is 9.47 Å². The zero-order valence-corrected chi connectivity index (χ0v) is 19.2. The smallest absolute Gasteiger partial charge is 0.414 e. The number of carbonyl (C=O) groups excluding carboxylic acids is 1. The summed E-state index contributed by atoms with van der Waals surface area (Å²) in [5, 5.41) is 11.1. The fourth-order valence-corrected chi connectivity index (χ4v) is 3.15. The minimum Gasteiger partial charge on any atom is -0.464 e. The summed E-state index contributed by atoms with van der Waals surface area (Å²) < 4.78 is 18.8. The van der Waals surface area contributed by atoms with Gasteiger partial charge in [-0.1, -0.05) is 40.4 Å². The van der Waals surface area contributed by atoms with Crippen molar-refractivity contribution in [2.24, 2.45) is 0 Å². The average molecular weight is 427 g/mol. The second-order valence-electron chi connectivity index (χ2n) is 6.98. The molecule has 0 aliphatic carbocycles. The fraction of sp³-hybridized carbons (Fsp3) is 0.526. The predicted octanol–water partition coefficient (Wildman–Crippen LogP) is 5.46. The van der Waals surface area contributed by atoms with E-state index in [4.69, 9.17) is 14.3 Å². The van der Waals surface area contributed by atoms with E-state index in [0.717, 1.165) is 28.2 Å². The molecular weight excluding hydrogens is 396 g/mol. The number of carbonyl (C=O) groups is 1. The Balaban J connectivity index is 2.77. The maximum atomic E-state index is 11.8. The van der Waals surface area contributed by atoms with E-state index in [0.29, 0.717) is 16.9 Å². The molecule has 0 spiro atoms. The Labute approximate surface area is 173 Å². The molecular formula is C19H30N4O3S2. The quantitative estimate of drug-likeness (QED) is 0.538. The Kier molecular flexibility index (Phi) is 9.54. The maximum Gasteiger partial charge on any atom is 0.414 e. The molecule has 1 aromatic rings. The molecule has 0 aliphatic heterocycles. The summed E-state index contributed by atoms with van der Waals surface area (Å²) in [6, 6.07) is 0. The number of nitrogens with one attached hydrogen (secondary N) is 2. The highest BCUT2D eigenvalue weighted by Gasteiger charge is 2.18. The molecule has 9 heteroatoms. The third kappa shape index (κ3) is 8.79. The van der Waals surface area contributed by atoms with Crippen molar-refractivity contribution in [3.05, 3.63) is 34.3 Å². The maximum absolute atomic E-state index is 11.8. The Bertz CT molecular complexity index is 789. The molecule has 0 aromatic carbocycles. The standard InChI is InChI=1S/C19H30N4O3S2/c1-8-13(3)14(10-11-15(9-2)28(7)20)12-25-18-23-22-16(27-18)21-17(24)26-19(4,5)6/h9-11,20H,8,12H2,1-7H3,(H,21,22,24)/b11-10-,14-13+,15-9+. The molecule has 1 aromatic heterocycles. The SMILES string of the molecule is C\C=C(/C=C\C(COc1nnc(NC(=O)OC(C)(C)C)s1)=C(\C)CC)S(C)=N. The van der Waals surface area contributed by atoms with Crippen LogP contribution in [0.15, 0.2) is 34.3 Å². The van der Waals surface area contributed by atoms with Crippen molar-refractivity contribution in [2.45, 2.75) is 53.6 Å². The van der Waals surface area contributed by atoms with Crippen LogP contribution < -0.4 is 10.1 Å². The van der Waals surface area contributed by atoms with E-state index in [1.54, 1.807) is 20.8 Å². The monoisotopic (exact) mass is 426 g/mol. The summed E-state index contributed by atoms with van der Waals surface area (Å²) >= 11 is 1.14. The van der Waals surface area contributed by atoms with E-state index in [2.05, 4.69) is 29.4 Å². The number of hydrogen-bond donors (Lipinski definition) is 2. The first-order valence-corrected chi connectivity index (χ1v) is 11.4. The van der Waals surface area contributed by atoms with E-state index < -0.39 is 22.4 Å². The highest BCUT2D eigenvalue weighted by Crippen LogP contribution is 2.24. The number of aromatic nitrogens is 2. The zero-order chi connectivity index (χ0) is 21.3. The summed E-state index contributed by atoms with van der Waals surface area (Å²) in [7, 11) is -0.546. The lowest BCUT2D eigenvalue weighted by Gasteiger charge is -2.18. The molecule has 156 valence electrons. The van der Waals surface area contributed by atoms with Crippen LogP contribution in [0.1, 0.15) is 48.0 Å². The molecule has 1 atom stereocenters. The predicted molar refractivity (Wildman–Crippen MR) is 117 cm³/mol. The Hall–Kier alpha value is -2.00. The summed E-state index contributed by atoms with van der Waals surface area (Å²) in [5.41, 5.74) is 1.65. The molecule has 2 N–H and O–H groups in total. The molecule has 1 unspecified atom stereocenters. The molecule has 0 saturated heterocycles. The van der Waals surface area contributed by atoms with Crippen LogP contribution in [0.3, 0.4) is 0 Å². The van der Waals surface area contributed by atoms with Crippen LogP contribution in [-0.2, 0) is 15.4 Å². The lowest BCUT2D eigenvalue weighted by molar-refractivity contribution is 0.0636. The highest BCUT2D eigenvalue weighted by atomic mass is 32.2. The number of anilines is 1. The van der Waals surface area contributed by atoms with Gasteiger partial charge in [0.15, 0.2) is 0 Å². The van der Waals surface area contributed by atoms with Crippen LogP contribution in [0.2, 0.25) is 0 Å². The van der Waals surface area contributed by atoms with Crippen LogP contribution in [-0.4, -0.2) is 34.8 Å². The Morgan fingerprint density at radius 2 is 2.00 bits per heavy atom. The van der Waals surface area contributed by atoms with E-state index >= 15 is 0 Å². The normalized spacial score (nSPS) is 14.6. The van der Waals surface area contributed by atoms with Gasteiger partial charge in [-0.05, 0) is 70.3 Å². The van der Waals surface area contributed by atoms with Gasteiger partial charge in [-0.2, -0.15) is 0 Å². The first-order valence-electron chi connectivity index (χ1n) is 8.92. The lowest BCUT2D eigenvalue weighted by atomic mass is 10.1. The highest BCUT2D eigenvalue weighted by molar-refractivity contribution is 7.89. The van der Waals surface area contributed by atoms with Gasteiger partial charge in [0.25, 0.3) is 5.19 Å². The number of rotatable bonds is 8. The van der Waals surface area contributed by atoms with Crippen LogP contribution in [0.25, 0.3) is 0 Å². The minimum absolute atomic E-state index is 0.318. The first-order chi connectivity index (χ1) is 13.1. The molecule has 1 rings (SSSR count). The van der Waals surface area contributed by atoms with Crippen LogP contribution in [0.4, 0.5) is 9.93 Å². The number of amides is 1. The van der Waals surface area contributed by atoms with Gasteiger partial charge in [0.05, 0.1) is 0 Å². The summed E-state index contributed by atoms with van der Waals surface area (Å²) in [5.74, 6) is 0. The second kappa shape index (κ2) is 11.1.